The quantitative estimate of drug-likeness (QED) is 0.801. The molecule has 0 bridgehead atoms. The third-order valence-corrected chi connectivity index (χ3v) is 3.90. The zero-order valence-corrected chi connectivity index (χ0v) is 14.6. The number of hydrogen-bond acceptors (Lipinski definition) is 5. The highest BCUT2D eigenvalue weighted by molar-refractivity contribution is 5.92. The van der Waals surface area contributed by atoms with E-state index < -0.39 is 0 Å². The molecule has 2 N–H and O–H groups in total. The molecule has 0 unspecified atom stereocenters. The van der Waals surface area contributed by atoms with Crippen LogP contribution in [0.1, 0.15) is 35.8 Å². The Kier molecular flexibility index (Phi) is 5.26. The standard InChI is InChI=1S/C19H20N2O5/c1-3-24-18(22)13-4-7-15(8-5-13)21-19(23)20-12(2)14-6-9-16-17(10-14)26-11-25-16/h4-10,12H,3,11H2,1-2H3,(H2,20,21,23)/t12-/m1/s1. The highest BCUT2D eigenvalue weighted by Gasteiger charge is 2.17. The van der Waals surface area contributed by atoms with E-state index in [1.807, 2.05) is 25.1 Å². The lowest BCUT2D eigenvalue weighted by Crippen LogP contribution is -2.31. The van der Waals surface area contributed by atoms with E-state index in [2.05, 4.69) is 10.6 Å². The van der Waals surface area contributed by atoms with Crippen LogP contribution in [0.5, 0.6) is 11.5 Å². The summed E-state index contributed by atoms with van der Waals surface area (Å²) in [6.07, 6.45) is 0. The Bertz CT molecular complexity index is 804. The minimum Gasteiger partial charge on any atom is -0.462 e. The molecule has 0 fully saturated rings. The van der Waals surface area contributed by atoms with Crippen LogP contribution in [0.25, 0.3) is 0 Å². The smallest absolute Gasteiger partial charge is 0.338 e. The van der Waals surface area contributed by atoms with Gasteiger partial charge in [-0.05, 0) is 55.8 Å². The summed E-state index contributed by atoms with van der Waals surface area (Å²) in [6.45, 7) is 4.16. The Hall–Kier alpha value is -3.22. The SMILES string of the molecule is CCOC(=O)c1ccc(NC(=O)N[C@H](C)c2ccc3c(c2)OCO3)cc1. The molecule has 1 aliphatic rings. The van der Waals surface area contributed by atoms with E-state index in [0.29, 0.717) is 29.4 Å². The monoisotopic (exact) mass is 356 g/mol. The van der Waals surface area contributed by atoms with Gasteiger partial charge in [0.05, 0.1) is 18.2 Å². The maximum atomic E-state index is 12.2. The third kappa shape index (κ3) is 4.05. The van der Waals surface area contributed by atoms with E-state index in [-0.39, 0.29) is 24.8 Å². The van der Waals surface area contributed by atoms with Crippen molar-refractivity contribution < 1.29 is 23.8 Å². The summed E-state index contributed by atoms with van der Waals surface area (Å²) in [5.41, 5.74) is 1.92. The molecule has 2 aromatic carbocycles. The Morgan fingerprint density at radius 2 is 1.85 bits per heavy atom. The van der Waals surface area contributed by atoms with Crippen molar-refractivity contribution in [1.29, 1.82) is 0 Å². The molecule has 7 heteroatoms. The van der Waals surface area contributed by atoms with Gasteiger partial charge in [0.25, 0.3) is 0 Å². The van der Waals surface area contributed by atoms with Gasteiger partial charge in [0, 0.05) is 5.69 Å². The predicted octanol–water partition coefficient (Wildman–Crippen LogP) is 3.47. The average molecular weight is 356 g/mol. The number of hydrogen-bond donors (Lipinski definition) is 2. The van der Waals surface area contributed by atoms with Crippen molar-refractivity contribution >= 4 is 17.7 Å². The molecule has 0 aliphatic carbocycles. The number of anilines is 1. The minimum atomic E-state index is -0.389. The second kappa shape index (κ2) is 7.77. The predicted molar refractivity (Wildman–Crippen MR) is 95.5 cm³/mol. The van der Waals surface area contributed by atoms with Gasteiger partial charge in [0.15, 0.2) is 11.5 Å². The summed E-state index contributed by atoms with van der Waals surface area (Å²) in [6, 6.07) is 11.5. The maximum Gasteiger partial charge on any atom is 0.338 e. The Morgan fingerprint density at radius 3 is 2.58 bits per heavy atom. The van der Waals surface area contributed by atoms with Crippen LogP contribution >= 0.6 is 0 Å². The van der Waals surface area contributed by atoms with Gasteiger partial charge < -0.3 is 24.8 Å². The molecule has 1 aliphatic heterocycles. The molecule has 0 saturated carbocycles. The fourth-order valence-corrected chi connectivity index (χ4v) is 2.53. The summed E-state index contributed by atoms with van der Waals surface area (Å²) in [5.74, 6) is 0.984. The van der Waals surface area contributed by atoms with E-state index in [9.17, 15) is 9.59 Å². The van der Waals surface area contributed by atoms with Crippen LogP contribution in [-0.4, -0.2) is 25.4 Å². The van der Waals surface area contributed by atoms with Gasteiger partial charge in [-0.15, -0.1) is 0 Å². The number of esters is 1. The van der Waals surface area contributed by atoms with E-state index in [0.717, 1.165) is 5.56 Å². The van der Waals surface area contributed by atoms with Crippen LogP contribution in [0, 0.1) is 0 Å². The van der Waals surface area contributed by atoms with Gasteiger partial charge in [-0.3, -0.25) is 0 Å². The largest absolute Gasteiger partial charge is 0.462 e. The lowest BCUT2D eigenvalue weighted by Gasteiger charge is -2.15. The summed E-state index contributed by atoms with van der Waals surface area (Å²) in [7, 11) is 0. The van der Waals surface area contributed by atoms with Crippen LogP contribution in [0.2, 0.25) is 0 Å². The lowest BCUT2D eigenvalue weighted by atomic mass is 10.1. The fourth-order valence-electron chi connectivity index (χ4n) is 2.53. The van der Waals surface area contributed by atoms with Gasteiger partial charge in [0.2, 0.25) is 6.79 Å². The molecular formula is C19H20N2O5. The molecule has 0 aromatic heterocycles. The van der Waals surface area contributed by atoms with E-state index in [1.54, 1.807) is 31.2 Å². The normalized spacial score (nSPS) is 13.0. The number of carbonyl (C=O) groups is 2. The molecule has 1 heterocycles. The molecule has 2 aromatic rings. The van der Waals surface area contributed by atoms with Crippen LogP contribution in [-0.2, 0) is 4.74 Å². The zero-order valence-electron chi connectivity index (χ0n) is 14.6. The highest BCUT2D eigenvalue weighted by Crippen LogP contribution is 2.34. The van der Waals surface area contributed by atoms with Crippen molar-refractivity contribution in [3.63, 3.8) is 0 Å². The molecule has 0 saturated heterocycles. The van der Waals surface area contributed by atoms with Crippen LogP contribution in [0.3, 0.4) is 0 Å². The van der Waals surface area contributed by atoms with Crippen LogP contribution < -0.4 is 20.1 Å². The fraction of sp³-hybridized carbons (Fsp3) is 0.263. The topological polar surface area (TPSA) is 85.9 Å². The number of benzene rings is 2. The second-order valence-electron chi connectivity index (χ2n) is 5.73. The lowest BCUT2D eigenvalue weighted by molar-refractivity contribution is 0.0526. The summed E-state index contributed by atoms with van der Waals surface area (Å²) in [5, 5.41) is 5.59. The minimum absolute atomic E-state index is 0.211. The third-order valence-electron chi connectivity index (χ3n) is 3.90. The zero-order chi connectivity index (χ0) is 18.5. The molecule has 26 heavy (non-hydrogen) atoms. The Morgan fingerprint density at radius 1 is 1.12 bits per heavy atom. The first-order chi connectivity index (χ1) is 12.6. The highest BCUT2D eigenvalue weighted by atomic mass is 16.7. The molecular weight excluding hydrogens is 336 g/mol. The van der Waals surface area contributed by atoms with Crippen LogP contribution in [0.15, 0.2) is 42.5 Å². The van der Waals surface area contributed by atoms with Gasteiger partial charge in [-0.2, -0.15) is 0 Å². The number of urea groups is 1. The number of amides is 2. The van der Waals surface area contributed by atoms with Crippen molar-refractivity contribution in [1.82, 2.24) is 5.32 Å². The van der Waals surface area contributed by atoms with Crippen molar-refractivity contribution in [3.05, 3.63) is 53.6 Å². The number of rotatable bonds is 5. The Labute approximate surface area is 151 Å². The van der Waals surface area contributed by atoms with Gasteiger partial charge in [-0.25, -0.2) is 9.59 Å². The molecule has 0 radical (unpaired) electrons. The summed E-state index contributed by atoms with van der Waals surface area (Å²) in [4.78, 5) is 23.8. The summed E-state index contributed by atoms with van der Waals surface area (Å²) >= 11 is 0. The number of carbonyl (C=O) groups excluding carboxylic acids is 2. The first kappa shape index (κ1) is 17.6. The molecule has 7 nitrogen and oxygen atoms in total. The van der Waals surface area contributed by atoms with Gasteiger partial charge in [-0.1, -0.05) is 6.07 Å². The molecule has 0 spiro atoms. The van der Waals surface area contributed by atoms with E-state index >= 15 is 0 Å². The second-order valence-corrected chi connectivity index (χ2v) is 5.73. The van der Waals surface area contributed by atoms with Crippen LogP contribution in [0.4, 0.5) is 10.5 Å². The van der Waals surface area contributed by atoms with E-state index in [4.69, 9.17) is 14.2 Å². The van der Waals surface area contributed by atoms with Crippen molar-refractivity contribution in [3.8, 4) is 11.5 Å². The van der Waals surface area contributed by atoms with Gasteiger partial charge >= 0.3 is 12.0 Å². The number of ether oxygens (including phenoxy) is 3. The maximum absolute atomic E-state index is 12.2. The van der Waals surface area contributed by atoms with Crippen molar-refractivity contribution in [2.75, 3.05) is 18.7 Å². The molecule has 1 atom stereocenters. The van der Waals surface area contributed by atoms with Gasteiger partial charge in [0.1, 0.15) is 0 Å². The van der Waals surface area contributed by atoms with E-state index in [1.165, 1.54) is 0 Å². The first-order valence-electron chi connectivity index (χ1n) is 8.31. The van der Waals surface area contributed by atoms with Crippen molar-refractivity contribution in [2.24, 2.45) is 0 Å². The first-order valence-corrected chi connectivity index (χ1v) is 8.31. The van der Waals surface area contributed by atoms with Crippen molar-refractivity contribution in [2.45, 2.75) is 19.9 Å². The molecule has 136 valence electrons. The number of fused-ring (bicyclic) bond motifs is 1. The average Bonchev–Trinajstić information content (AvgIpc) is 3.10. The molecule has 3 rings (SSSR count). The summed E-state index contributed by atoms with van der Waals surface area (Å²) < 4.78 is 15.6. The Balaban J connectivity index is 1.57. The molecule has 2 amide bonds. The number of nitrogens with one attached hydrogen (secondary N) is 2.